The lowest BCUT2D eigenvalue weighted by Gasteiger charge is -2.32. The maximum absolute atomic E-state index is 12.4. The largest absolute Gasteiger partial charge is 0.339 e. The normalized spacial score (nSPS) is 18.5. The summed E-state index contributed by atoms with van der Waals surface area (Å²) < 4.78 is 0. The van der Waals surface area contributed by atoms with Crippen molar-refractivity contribution in [3.8, 4) is 0 Å². The molecule has 23 heavy (non-hydrogen) atoms. The van der Waals surface area contributed by atoms with Gasteiger partial charge in [0.25, 0.3) is 0 Å². The van der Waals surface area contributed by atoms with Crippen molar-refractivity contribution in [2.24, 2.45) is 5.92 Å². The Morgan fingerprint density at radius 1 is 1.39 bits per heavy atom. The summed E-state index contributed by atoms with van der Waals surface area (Å²) in [5, 5.41) is 7.16. The van der Waals surface area contributed by atoms with Gasteiger partial charge in [-0.25, -0.2) is 0 Å². The van der Waals surface area contributed by atoms with Crippen LogP contribution >= 0.6 is 0 Å². The highest BCUT2D eigenvalue weighted by Gasteiger charge is 2.23. The fraction of sp³-hybridized carbons (Fsp3) is 0.368. The Bertz CT molecular complexity index is 675. The Labute approximate surface area is 137 Å². The number of aryl methyl sites for hydroxylation is 1. The van der Waals surface area contributed by atoms with Gasteiger partial charge < -0.3 is 4.90 Å². The van der Waals surface area contributed by atoms with Gasteiger partial charge in [0.15, 0.2) is 0 Å². The van der Waals surface area contributed by atoms with Crippen molar-refractivity contribution >= 4 is 12.0 Å². The van der Waals surface area contributed by atoms with Crippen molar-refractivity contribution in [3.05, 3.63) is 59.4 Å². The standard InChI is InChI=1S/C19H23N3O/c1-15-13-20-21-18(15)12-17-8-5-11-22(14-17)19(23)10-9-16-6-3-2-4-7-16/h2-4,6-7,9-10,13,17H,5,8,11-12,14H2,1H3,(H,20,21)/b10-9+/t17-/m0/s1. The minimum absolute atomic E-state index is 0.111. The highest BCUT2D eigenvalue weighted by molar-refractivity contribution is 5.91. The van der Waals surface area contributed by atoms with Crippen molar-refractivity contribution in [1.82, 2.24) is 15.1 Å². The second-order valence-corrected chi connectivity index (χ2v) is 6.27. The molecule has 1 atom stereocenters. The van der Waals surface area contributed by atoms with Gasteiger partial charge in [0, 0.05) is 24.9 Å². The van der Waals surface area contributed by atoms with Crippen molar-refractivity contribution in [3.63, 3.8) is 0 Å². The number of likely N-dealkylation sites (tertiary alicyclic amines) is 1. The number of rotatable bonds is 4. The van der Waals surface area contributed by atoms with E-state index in [1.807, 2.05) is 47.5 Å². The first-order valence-electron chi connectivity index (χ1n) is 8.23. The molecule has 120 valence electrons. The molecule has 1 aromatic heterocycles. The minimum Gasteiger partial charge on any atom is -0.339 e. The number of carbonyl (C=O) groups is 1. The number of hydrogen-bond donors (Lipinski definition) is 1. The Hall–Kier alpha value is -2.36. The van der Waals surface area contributed by atoms with Gasteiger partial charge in [-0.2, -0.15) is 5.10 Å². The summed E-state index contributed by atoms with van der Waals surface area (Å²) in [4.78, 5) is 14.4. The molecule has 0 unspecified atom stereocenters. The lowest BCUT2D eigenvalue weighted by Crippen LogP contribution is -2.39. The van der Waals surface area contributed by atoms with Gasteiger partial charge in [-0.15, -0.1) is 0 Å². The van der Waals surface area contributed by atoms with Crippen LogP contribution in [0, 0.1) is 12.8 Å². The van der Waals surface area contributed by atoms with Crippen LogP contribution < -0.4 is 0 Å². The highest BCUT2D eigenvalue weighted by Crippen LogP contribution is 2.21. The molecule has 1 aliphatic rings. The molecule has 2 heterocycles. The van der Waals surface area contributed by atoms with Gasteiger partial charge in [-0.3, -0.25) is 9.89 Å². The summed E-state index contributed by atoms with van der Waals surface area (Å²) in [5.74, 6) is 0.622. The van der Waals surface area contributed by atoms with Gasteiger partial charge in [0.05, 0.1) is 6.20 Å². The summed E-state index contributed by atoms with van der Waals surface area (Å²) in [7, 11) is 0. The van der Waals surface area contributed by atoms with Gasteiger partial charge in [0.2, 0.25) is 5.91 Å². The fourth-order valence-electron chi connectivity index (χ4n) is 3.14. The third kappa shape index (κ3) is 4.09. The predicted octanol–water partition coefficient (Wildman–Crippen LogP) is 3.21. The van der Waals surface area contributed by atoms with Crippen molar-refractivity contribution < 1.29 is 4.79 Å². The quantitative estimate of drug-likeness (QED) is 0.882. The second kappa shape index (κ2) is 7.27. The van der Waals surface area contributed by atoms with Crippen LogP contribution in [0.15, 0.2) is 42.6 Å². The van der Waals surface area contributed by atoms with E-state index in [4.69, 9.17) is 0 Å². The van der Waals surface area contributed by atoms with Crippen LogP contribution in [-0.4, -0.2) is 34.1 Å². The van der Waals surface area contributed by atoms with E-state index in [0.29, 0.717) is 5.92 Å². The summed E-state index contributed by atoms with van der Waals surface area (Å²) in [6, 6.07) is 9.95. The van der Waals surface area contributed by atoms with Crippen molar-refractivity contribution in [2.45, 2.75) is 26.2 Å². The number of hydrogen-bond acceptors (Lipinski definition) is 2. The van der Waals surface area contributed by atoms with Crippen LogP contribution in [0.3, 0.4) is 0 Å². The maximum Gasteiger partial charge on any atom is 0.246 e. The Balaban J connectivity index is 1.58. The van der Waals surface area contributed by atoms with Gasteiger partial charge in [-0.1, -0.05) is 30.3 Å². The Kier molecular flexibility index (Phi) is 4.91. The van der Waals surface area contributed by atoms with E-state index in [1.165, 1.54) is 17.7 Å². The number of piperidine rings is 1. The number of H-pyrrole nitrogens is 1. The first-order valence-corrected chi connectivity index (χ1v) is 8.23. The minimum atomic E-state index is 0.111. The van der Waals surface area contributed by atoms with Gasteiger partial charge >= 0.3 is 0 Å². The molecule has 1 saturated heterocycles. The molecule has 0 aliphatic carbocycles. The lowest BCUT2D eigenvalue weighted by molar-refractivity contribution is -0.127. The number of amides is 1. The number of aromatic amines is 1. The third-order valence-electron chi connectivity index (χ3n) is 4.48. The average Bonchev–Trinajstić information content (AvgIpc) is 2.99. The molecule has 3 rings (SSSR count). The first kappa shape index (κ1) is 15.5. The molecular weight excluding hydrogens is 286 g/mol. The number of carbonyl (C=O) groups excluding carboxylic acids is 1. The maximum atomic E-state index is 12.4. The summed E-state index contributed by atoms with van der Waals surface area (Å²) in [6.45, 7) is 3.76. The number of aromatic nitrogens is 2. The van der Waals surface area contributed by atoms with E-state index < -0.39 is 0 Å². The average molecular weight is 309 g/mol. The monoisotopic (exact) mass is 309 g/mol. The molecule has 4 nitrogen and oxygen atoms in total. The van der Waals surface area contributed by atoms with Crippen LogP contribution in [-0.2, 0) is 11.2 Å². The number of nitrogens with one attached hydrogen (secondary N) is 1. The number of nitrogens with zero attached hydrogens (tertiary/aromatic N) is 2. The molecule has 0 radical (unpaired) electrons. The van der Waals surface area contributed by atoms with Crippen LogP contribution in [0.5, 0.6) is 0 Å². The molecule has 4 heteroatoms. The smallest absolute Gasteiger partial charge is 0.246 e. The van der Waals surface area contributed by atoms with Crippen LogP contribution in [0.4, 0.5) is 0 Å². The van der Waals surface area contributed by atoms with E-state index >= 15 is 0 Å². The zero-order valence-corrected chi connectivity index (χ0v) is 13.5. The van der Waals surface area contributed by atoms with Crippen molar-refractivity contribution in [1.29, 1.82) is 0 Å². The van der Waals surface area contributed by atoms with E-state index in [0.717, 1.165) is 31.5 Å². The summed E-state index contributed by atoms with van der Waals surface area (Å²) in [5.41, 5.74) is 3.46. The van der Waals surface area contributed by atoms with E-state index in [9.17, 15) is 4.79 Å². The fourth-order valence-corrected chi connectivity index (χ4v) is 3.14. The molecule has 0 spiro atoms. The topological polar surface area (TPSA) is 49.0 Å². The Morgan fingerprint density at radius 3 is 2.96 bits per heavy atom. The SMILES string of the molecule is Cc1cn[nH]c1C[C@@H]1CCCN(C(=O)/C=C/c2ccccc2)C1. The zero-order chi connectivity index (χ0) is 16.1. The zero-order valence-electron chi connectivity index (χ0n) is 13.5. The molecule has 1 aromatic carbocycles. The van der Waals surface area contributed by atoms with Gasteiger partial charge in [-0.05, 0) is 49.3 Å². The lowest BCUT2D eigenvalue weighted by atomic mass is 9.92. The van der Waals surface area contributed by atoms with Crippen LogP contribution in [0.2, 0.25) is 0 Å². The molecule has 0 bridgehead atoms. The number of benzene rings is 1. The van der Waals surface area contributed by atoms with Crippen LogP contribution in [0.25, 0.3) is 6.08 Å². The third-order valence-corrected chi connectivity index (χ3v) is 4.48. The molecule has 0 saturated carbocycles. The van der Waals surface area contributed by atoms with E-state index in [-0.39, 0.29) is 5.91 Å². The summed E-state index contributed by atoms with van der Waals surface area (Å²) in [6.07, 6.45) is 8.67. The predicted molar refractivity (Wildman–Crippen MR) is 91.8 cm³/mol. The molecule has 1 amide bonds. The Morgan fingerprint density at radius 2 is 2.22 bits per heavy atom. The molecule has 1 aliphatic heterocycles. The van der Waals surface area contributed by atoms with Crippen molar-refractivity contribution in [2.75, 3.05) is 13.1 Å². The molecule has 2 aromatic rings. The molecular formula is C19H23N3O. The molecule has 1 fully saturated rings. The summed E-state index contributed by atoms with van der Waals surface area (Å²) >= 11 is 0. The van der Waals surface area contributed by atoms with E-state index in [2.05, 4.69) is 17.1 Å². The highest BCUT2D eigenvalue weighted by atomic mass is 16.2. The van der Waals surface area contributed by atoms with E-state index in [1.54, 1.807) is 6.08 Å². The van der Waals surface area contributed by atoms with Crippen LogP contribution in [0.1, 0.15) is 29.7 Å². The van der Waals surface area contributed by atoms with Gasteiger partial charge in [0.1, 0.15) is 0 Å². The first-order chi connectivity index (χ1) is 11.2. The molecule has 1 N–H and O–H groups in total. The second-order valence-electron chi connectivity index (χ2n) is 6.27.